The number of amides is 3. The van der Waals surface area contributed by atoms with Crippen LogP contribution in [0.4, 0.5) is 10.1 Å². The van der Waals surface area contributed by atoms with Crippen LogP contribution in [0.15, 0.2) is 18.2 Å². The largest absolute Gasteiger partial charge is 0.376 e. The summed E-state index contributed by atoms with van der Waals surface area (Å²) >= 11 is 0. The summed E-state index contributed by atoms with van der Waals surface area (Å²) in [6.45, 7) is 4.92. The highest BCUT2D eigenvalue weighted by Gasteiger charge is 2.70. The summed E-state index contributed by atoms with van der Waals surface area (Å²) in [4.78, 5) is 41.5. The number of nitrogens with one attached hydrogen (secondary N) is 2. The van der Waals surface area contributed by atoms with Crippen LogP contribution < -0.4 is 10.6 Å². The lowest BCUT2D eigenvalue weighted by atomic mass is 9.76. The minimum atomic E-state index is -1.43. The average molecular weight is 415 g/mol. The van der Waals surface area contributed by atoms with Crippen molar-refractivity contribution in [3.63, 3.8) is 0 Å². The first-order valence-electron chi connectivity index (χ1n) is 10.7. The van der Waals surface area contributed by atoms with Gasteiger partial charge in [0.15, 0.2) is 0 Å². The van der Waals surface area contributed by atoms with Crippen molar-refractivity contribution in [1.82, 2.24) is 10.2 Å². The van der Waals surface area contributed by atoms with Gasteiger partial charge in [0, 0.05) is 23.9 Å². The molecule has 0 aromatic heterocycles. The summed E-state index contributed by atoms with van der Waals surface area (Å²) in [6, 6.07) is 3.74. The van der Waals surface area contributed by atoms with Gasteiger partial charge in [-0.05, 0) is 43.4 Å². The number of halogens is 1. The average Bonchev–Trinajstić information content (AvgIpc) is 3.42. The molecule has 5 rings (SSSR count). The minimum Gasteiger partial charge on any atom is -0.376 e. The van der Waals surface area contributed by atoms with Crippen molar-refractivity contribution in [1.29, 1.82) is 0 Å². The van der Waals surface area contributed by atoms with Crippen molar-refractivity contribution in [3.05, 3.63) is 29.6 Å². The van der Waals surface area contributed by atoms with Crippen molar-refractivity contribution in [2.24, 2.45) is 17.8 Å². The summed E-state index contributed by atoms with van der Waals surface area (Å²) < 4.78 is 19.8. The van der Waals surface area contributed by atoms with Crippen molar-refractivity contribution in [3.8, 4) is 0 Å². The van der Waals surface area contributed by atoms with E-state index < -0.39 is 29.1 Å². The number of hydrogen-bond donors (Lipinski definition) is 2. The maximum Gasteiger partial charge on any atom is 0.250 e. The Morgan fingerprint density at radius 1 is 1.27 bits per heavy atom. The molecule has 0 radical (unpaired) electrons. The first-order valence-corrected chi connectivity index (χ1v) is 10.7. The smallest absolute Gasteiger partial charge is 0.250 e. The van der Waals surface area contributed by atoms with E-state index in [1.165, 1.54) is 23.1 Å². The van der Waals surface area contributed by atoms with Gasteiger partial charge < -0.3 is 10.1 Å². The van der Waals surface area contributed by atoms with Gasteiger partial charge in [-0.2, -0.15) is 0 Å². The molecule has 3 amide bonds. The molecule has 30 heavy (non-hydrogen) atoms. The Kier molecular flexibility index (Phi) is 4.48. The van der Waals surface area contributed by atoms with Gasteiger partial charge in [-0.3, -0.25) is 24.6 Å². The summed E-state index contributed by atoms with van der Waals surface area (Å²) in [5, 5.41) is 6.12. The summed E-state index contributed by atoms with van der Waals surface area (Å²) in [7, 11) is 0. The molecule has 0 aliphatic carbocycles. The fourth-order valence-corrected chi connectivity index (χ4v) is 5.72. The van der Waals surface area contributed by atoms with Crippen molar-refractivity contribution in [2.75, 3.05) is 18.5 Å². The molecular weight excluding hydrogens is 389 g/mol. The number of nitrogens with zero attached hydrogens (tertiary/aromatic N) is 1. The van der Waals surface area contributed by atoms with E-state index in [1.54, 1.807) is 0 Å². The summed E-state index contributed by atoms with van der Waals surface area (Å²) in [5.74, 6) is -2.79. The van der Waals surface area contributed by atoms with E-state index in [1.807, 2.05) is 13.8 Å². The van der Waals surface area contributed by atoms with Crippen LogP contribution in [0.5, 0.6) is 0 Å². The third-order valence-corrected chi connectivity index (χ3v) is 6.90. The molecule has 0 saturated carbocycles. The Hall–Kier alpha value is -2.32. The van der Waals surface area contributed by atoms with Crippen LogP contribution >= 0.6 is 0 Å². The number of anilines is 1. The van der Waals surface area contributed by atoms with E-state index in [2.05, 4.69) is 10.6 Å². The van der Waals surface area contributed by atoms with Crippen LogP contribution in [-0.2, 0) is 24.7 Å². The molecule has 0 unspecified atom stereocenters. The van der Waals surface area contributed by atoms with Crippen LogP contribution in [-0.4, -0.2) is 47.9 Å². The van der Waals surface area contributed by atoms with Gasteiger partial charge in [-0.15, -0.1) is 0 Å². The normalized spacial score (nSPS) is 34.9. The molecule has 8 heteroatoms. The van der Waals surface area contributed by atoms with E-state index in [0.29, 0.717) is 24.3 Å². The van der Waals surface area contributed by atoms with E-state index in [-0.39, 0.29) is 36.4 Å². The predicted molar refractivity (Wildman–Crippen MR) is 106 cm³/mol. The number of ether oxygens (including phenoxy) is 1. The molecule has 4 aliphatic rings. The number of likely N-dealkylation sites (tertiary alicyclic amines) is 1. The minimum absolute atomic E-state index is 0.161. The van der Waals surface area contributed by atoms with Gasteiger partial charge in [0.05, 0.1) is 24.5 Å². The fraction of sp³-hybridized carbons (Fsp3) is 0.591. The van der Waals surface area contributed by atoms with Crippen LogP contribution in [0.3, 0.4) is 0 Å². The number of carbonyl (C=O) groups is 3. The van der Waals surface area contributed by atoms with Crippen molar-refractivity contribution < 1.29 is 23.5 Å². The molecule has 5 atom stereocenters. The van der Waals surface area contributed by atoms with Crippen LogP contribution in [0, 0.1) is 23.6 Å². The van der Waals surface area contributed by atoms with Gasteiger partial charge in [0.25, 0.3) is 0 Å². The lowest BCUT2D eigenvalue weighted by Crippen LogP contribution is -2.54. The molecular formula is C22H26FN3O4. The molecule has 4 heterocycles. The number of imide groups is 1. The second-order valence-corrected chi connectivity index (χ2v) is 9.26. The maximum atomic E-state index is 14.2. The number of carbonyl (C=O) groups excluding carboxylic acids is 3. The first-order chi connectivity index (χ1) is 14.3. The Balaban J connectivity index is 1.59. The Bertz CT molecular complexity index is 929. The third-order valence-electron chi connectivity index (χ3n) is 6.90. The Morgan fingerprint density at radius 3 is 2.77 bits per heavy atom. The van der Waals surface area contributed by atoms with E-state index in [0.717, 1.165) is 12.8 Å². The highest BCUT2D eigenvalue weighted by atomic mass is 19.1. The molecule has 2 N–H and O–H groups in total. The second kappa shape index (κ2) is 6.85. The van der Waals surface area contributed by atoms with Crippen LogP contribution in [0.25, 0.3) is 0 Å². The SMILES string of the molecule is CC(C)C[C@@H]1N[C@@]2(C(=O)Nc3ccc(F)cc32)[C@H]2C(=O)N(C[C@H]3CCCO3)C(=O)[C@@H]12. The second-order valence-electron chi connectivity index (χ2n) is 9.26. The quantitative estimate of drug-likeness (QED) is 0.732. The van der Waals surface area contributed by atoms with Gasteiger partial charge >= 0.3 is 0 Å². The monoisotopic (exact) mass is 415 g/mol. The number of hydrogen-bond acceptors (Lipinski definition) is 5. The van der Waals surface area contributed by atoms with E-state index in [9.17, 15) is 18.8 Å². The molecule has 160 valence electrons. The van der Waals surface area contributed by atoms with E-state index in [4.69, 9.17) is 4.74 Å². The topological polar surface area (TPSA) is 87.7 Å². The lowest BCUT2D eigenvalue weighted by Gasteiger charge is -2.30. The zero-order valence-corrected chi connectivity index (χ0v) is 17.1. The summed E-state index contributed by atoms with van der Waals surface area (Å²) in [5.41, 5.74) is -0.538. The molecule has 3 saturated heterocycles. The summed E-state index contributed by atoms with van der Waals surface area (Å²) in [6.07, 6.45) is 2.18. The highest BCUT2D eigenvalue weighted by molar-refractivity contribution is 6.15. The Morgan fingerprint density at radius 2 is 2.07 bits per heavy atom. The zero-order valence-electron chi connectivity index (χ0n) is 17.1. The van der Waals surface area contributed by atoms with Crippen LogP contribution in [0.1, 0.15) is 38.7 Å². The fourth-order valence-electron chi connectivity index (χ4n) is 5.72. The predicted octanol–water partition coefficient (Wildman–Crippen LogP) is 1.77. The molecule has 0 bridgehead atoms. The van der Waals surface area contributed by atoms with Gasteiger partial charge in [0.1, 0.15) is 11.4 Å². The molecule has 1 aromatic rings. The Labute approximate surface area is 174 Å². The van der Waals surface area contributed by atoms with Gasteiger partial charge in [0.2, 0.25) is 17.7 Å². The molecule has 4 aliphatic heterocycles. The number of fused-ring (bicyclic) bond motifs is 4. The lowest BCUT2D eigenvalue weighted by molar-refractivity contribution is -0.144. The van der Waals surface area contributed by atoms with E-state index >= 15 is 0 Å². The van der Waals surface area contributed by atoms with Gasteiger partial charge in [-0.1, -0.05) is 13.8 Å². The number of benzene rings is 1. The first kappa shape index (κ1) is 19.6. The zero-order chi connectivity index (χ0) is 21.2. The standard InChI is InChI=1S/C22H26FN3O4/c1-11(2)8-16-17-18(20(28)26(19(17)27)10-13-4-3-7-30-13)22(25-16)14-9-12(23)5-6-15(14)24-21(22)29/h5-6,9,11,13,16-18,25H,3-4,7-8,10H2,1-2H3,(H,24,29)/t13-,16+,17+,18-,22-/m1/s1. The molecule has 3 fully saturated rings. The maximum absolute atomic E-state index is 14.2. The molecule has 7 nitrogen and oxygen atoms in total. The number of rotatable bonds is 4. The van der Waals surface area contributed by atoms with Crippen molar-refractivity contribution >= 4 is 23.4 Å². The molecule has 1 aromatic carbocycles. The van der Waals surface area contributed by atoms with Crippen molar-refractivity contribution in [2.45, 2.75) is 50.8 Å². The molecule has 1 spiro atoms. The third kappa shape index (κ3) is 2.66. The highest BCUT2D eigenvalue weighted by Crippen LogP contribution is 2.53. The van der Waals surface area contributed by atoms with Crippen LogP contribution in [0.2, 0.25) is 0 Å². The van der Waals surface area contributed by atoms with Gasteiger partial charge in [-0.25, -0.2) is 4.39 Å².